The van der Waals surface area contributed by atoms with E-state index in [0.29, 0.717) is 21.9 Å². The fraction of sp³-hybridized carbons (Fsp3) is 0. The van der Waals surface area contributed by atoms with Gasteiger partial charge in [-0.25, -0.2) is 0 Å². The maximum Gasteiger partial charge on any atom is 0.272 e. The second kappa shape index (κ2) is 5.08. The van der Waals surface area contributed by atoms with Crippen LogP contribution in [0.25, 0.3) is 21.9 Å². The molecule has 2 aromatic carbocycles. The van der Waals surface area contributed by atoms with Gasteiger partial charge in [-0.05, 0) is 36.4 Å². The lowest BCUT2D eigenvalue weighted by molar-refractivity contribution is 0.102. The van der Waals surface area contributed by atoms with Crippen LogP contribution >= 0.6 is 23.3 Å². The van der Waals surface area contributed by atoms with Gasteiger partial charge < -0.3 is 10.3 Å². The van der Waals surface area contributed by atoms with Gasteiger partial charge in [-0.15, -0.1) is 0 Å². The number of hydrogen-bond acceptors (Lipinski definition) is 4. The first-order valence-electron chi connectivity index (χ1n) is 6.51. The zero-order valence-corrected chi connectivity index (χ0v) is 12.7. The van der Waals surface area contributed by atoms with Crippen LogP contribution in [0.2, 0.25) is 5.02 Å². The van der Waals surface area contributed by atoms with Crippen molar-refractivity contribution in [3.05, 3.63) is 53.2 Å². The number of carbonyl (C=O) groups excluding carboxylic acids is 1. The van der Waals surface area contributed by atoms with E-state index in [1.54, 1.807) is 18.2 Å². The molecule has 0 aliphatic carbocycles. The number of amides is 1. The van der Waals surface area contributed by atoms with E-state index in [2.05, 4.69) is 19.0 Å². The van der Waals surface area contributed by atoms with Crippen LogP contribution in [0.4, 0.5) is 5.69 Å². The SMILES string of the molecule is O=C(Nc1cccc2nsnc12)c1cc2cc(Cl)ccc2[nH]1. The summed E-state index contributed by atoms with van der Waals surface area (Å²) in [6, 6.07) is 12.7. The number of fused-ring (bicyclic) bond motifs is 2. The lowest BCUT2D eigenvalue weighted by Gasteiger charge is -2.03. The molecule has 4 rings (SSSR count). The topological polar surface area (TPSA) is 70.7 Å². The molecule has 0 aliphatic heterocycles. The molecule has 0 fully saturated rings. The molecule has 5 nitrogen and oxygen atoms in total. The van der Waals surface area contributed by atoms with E-state index < -0.39 is 0 Å². The maximum atomic E-state index is 12.4. The predicted octanol–water partition coefficient (Wildman–Crippen LogP) is 4.08. The molecule has 0 saturated heterocycles. The van der Waals surface area contributed by atoms with Crippen LogP contribution in [0.15, 0.2) is 42.5 Å². The smallest absolute Gasteiger partial charge is 0.272 e. The number of carbonyl (C=O) groups is 1. The molecule has 108 valence electrons. The third-order valence-electron chi connectivity index (χ3n) is 3.36. The van der Waals surface area contributed by atoms with Gasteiger partial charge in [0, 0.05) is 15.9 Å². The largest absolute Gasteiger partial charge is 0.351 e. The predicted molar refractivity (Wildman–Crippen MR) is 88.7 cm³/mol. The van der Waals surface area contributed by atoms with Gasteiger partial charge in [-0.2, -0.15) is 8.75 Å². The summed E-state index contributed by atoms with van der Waals surface area (Å²) in [5.74, 6) is -0.229. The van der Waals surface area contributed by atoms with Crippen molar-refractivity contribution in [3.8, 4) is 0 Å². The molecule has 0 saturated carbocycles. The first-order valence-corrected chi connectivity index (χ1v) is 7.62. The van der Waals surface area contributed by atoms with Crippen LogP contribution in [0, 0.1) is 0 Å². The lowest BCUT2D eigenvalue weighted by atomic mass is 10.2. The van der Waals surface area contributed by atoms with E-state index in [9.17, 15) is 4.79 Å². The summed E-state index contributed by atoms with van der Waals surface area (Å²) in [4.78, 5) is 15.5. The Labute approximate surface area is 134 Å². The summed E-state index contributed by atoms with van der Waals surface area (Å²) >= 11 is 7.08. The number of benzene rings is 2. The van der Waals surface area contributed by atoms with E-state index >= 15 is 0 Å². The highest BCUT2D eigenvalue weighted by atomic mass is 35.5. The van der Waals surface area contributed by atoms with Crippen LogP contribution in [-0.2, 0) is 0 Å². The molecule has 0 aliphatic rings. The Morgan fingerprint density at radius 3 is 3.00 bits per heavy atom. The molecule has 4 aromatic rings. The first-order chi connectivity index (χ1) is 10.7. The molecule has 22 heavy (non-hydrogen) atoms. The van der Waals surface area contributed by atoms with Crippen LogP contribution < -0.4 is 5.32 Å². The minimum atomic E-state index is -0.229. The van der Waals surface area contributed by atoms with Crippen LogP contribution in [0.3, 0.4) is 0 Å². The Kier molecular flexibility index (Phi) is 3.06. The molecule has 0 radical (unpaired) electrons. The van der Waals surface area contributed by atoms with Gasteiger partial charge in [0.1, 0.15) is 16.7 Å². The average Bonchev–Trinajstić information content (AvgIpc) is 3.13. The Hall–Kier alpha value is -2.44. The summed E-state index contributed by atoms with van der Waals surface area (Å²) < 4.78 is 8.37. The summed E-state index contributed by atoms with van der Waals surface area (Å²) in [7, 11) is 0. The van der Waals surface area contributed by atoms with E-state index in [-0.39, 0.29) is 5.91 Å². The van der Waals surface area contributed by atoms with Gasteiger partial charge in [0.2, 0.25) is 0 Å². The molecule has 0 unspecified atom stereocenters. The van der Waals surface area contributed by atoms with E-state index in [0.717, 1.165) is 28.1 Å². The number of anilines is 1. The lowest BCUT2D eigenvalue weighted by Crippen LogP contribution is -2.12. The van der Waals surface area contributed by atoms with E-state index in [4.69, 9.17) is 11.6 Å². The number of H-pyrrole nitrogens is 1. The zero-order valence-electron chi connectivity index (χ0n) is 11.1. The van der Waals surface area contributed by atoms with Gasteiger partial charge in [0.25, 0.3) is 5.91 Å². The summed E-state index contributed by atoms with van der Waals surface area (Å²) in [5, 5.41) is 4.39. The molecule has 0 spiro atoms. The number of aromatic amines is 1. The Morgan fingerprint density at radius 1 is 1.18 bits per heavy atom. The molecule has 1 amide bonds. The number of rotatable bonds is 2. The van der Waals surface area contributed by atoms with Gasteiger partial charge in [0.15, 0.2) is 0 Å². The third kappa shape index (κ3) is 2.22. The fourth-order valence-corrected chi connectivity index (χ4v) is 3.05. The molecular formula is C15H9ClN4OS. The third-order valence-corrected chi connectivity index (χ3v) is 4.14. The van der Waals surface area contributed by atoms with Gasteiger partial charge >= 0.3 is 0 Å². The fourth-order valence-electron chi connectivity index (χ4n) is 2.32. The number of nitrogens with one attached hydrogen (secondary N) is 2. The number of hydrogen-bond donors (Lipinski definition) is 2. The van der Waals surface area contributed by atoms with Crippen molar-refractivity contribution in [1.29, 1.82) is 0 Å². The standard InChI is InChI=1S/C15H9ClN4OS/c16-9-4-5-10-8(6-9)7-13(17-10)15(21)18-11-2-1-3-12-14(11)20-22-19-12/h1-7,17H,(H,18,21). The quantitative estimate of drug-likeness (QED) is 0.582. The molecule has 2 heterocycles. The highest BCUT2D eigenvalue weighted by Gasteiger charge is 2.13. The van der Waals surface area contributed by atoms with Crippen molar-refractivity contribution in [3.63, 3.8) is 0 Å². The Morgan fingerprint density at radius 2 is 2.09 bits per heavy atom. The van der Waals surface area contributed by atoms with E-state index in [1.807, 2.05) is 24.3 Å². The second-order valence-electron chi connectivity index (χ2n) is 4.81. The Balaban J connectivity index is 1.70. The van der Waals surface area contributed by atoms with Crippen LogP contribution in [0.1, 0.15) is 10.5 Å². The maximum absolute atomic E-state index is 12.4. The molecule has 2 aromatic heterocycles. The molecule has 7 heteroatoms. The monoisotopic (exact) mass is 328 g/mol. The van der Waals surface area contributed by atoms with Crippen LogP contribution in [0.5, 0.6) is 0 Å². The normalized spacial score (nSPS) is 11.1. The van der Waals surface area contributed by atoms with Gasteiger partial charge in [-0.1, -0.05) is 17.7 Å². The van der Waals surface area contributed by atoms with Gasteiger partial charge in [-0.3, -0.25) is 4.79 Å². The highest BCUT2D eigenvalue weighted by molar-refractivity contribution is 7.00. The van der Waals surface area contributed by atoms with Crippen molar-refractivity contribution >= 4 is 56.9 Å². The summed E-state index contributed by atoms with van der Waals surface area (Å²) in [6.45, 7) is 0. The molecule has 2 N–H and O–H groups in total. The molecule has 0 bridgehead atoms. The number of aromatic nitrogens is 3. The minimum Gasteiger partial charge on any atom is -0.351 e. The minimum absolute atomic E-state index is 0.229. The highest BCUT2D eigenvalue weighted by Crippen LogP contribution is 2.23. The van der Waals surface area contributed by atoms with Crippen LogP contribution in [-0.4, -0.2) is 19.6 Å². The number of halogens is 1. The number of nitrogens with zero attached hydrogens (tertiary/aromatic N) is 2. The van der Waals surface area contributed by atoms with Gasteiger partial charge in [0.05, 0.1) is 17.4 Å². The second-order valence-corrected chi connectivity index (χ2v) is 5.77. The average molecular weight is 329 g/mol. The van der Waals surface area contributed by atoms with Crippen molar-refractivity contribution in [2.75, 3.05) is 5.32 Å². The Bertz CT molecular complexity index is 1010. The first kappa shape index (κ1) is 13.2. The summed E-state index contributed by atoms with van der Waals surface area (Å²) in [5.41, 5.74) is 3.44. The van der Waals surface area contributed by atoms with Crippen molar-refractivity contribution in [2.45, 2.75) is 0 Å². The molecular weight excluding hydrogens is 320 g/mol. The zero-order chi connectivity index (χ0) is 15.1. The summed E-state index contributed by atoms with van der Waals surface area (Å²) in [6.07, 6.45) is 0. The van der Waals surface area contributed by atoms with Crippen molar-refractivity contribution in [2.24, 2.45) is 0 Å². The van der Waals surface area contributed by atoms with E-state index in [1.165, 1.54) is 0 Å². The van der Waals surface area contributed by atoms with Crippen molar-refractivity contribution < 1.29 is 4.79 Å². The molecule has 0 atom stereocenters. The van der Waals surface area contributed by atoms with Crippen molar-refractivity contribution in [1.82, 2.24) is 13.7 Å².